The van der Waals surface area contributed by atoms with Gasteiger partial charge < -0.3 is 0 Å². The summed E-state index contributed by atoms with van der Waals surface area (Å²) in [5.74, 6) is 1.19. The zero-order chi connectivity index (χ0) is 13.1. The number of aryl methyl sites for hydroxylation is 1. The van der Waals surface area contributed by atoms with Crippen LogP contribution in [0.3, 0.4) is 0 Å². The number of rotatable bonds is 3. The SMILES string of the molecule is CCC1CCCCC1C(=O)c1cc(C)cc(Br)c1. The Morgan fingerprint density at radius 2 is 2.00 bits per heavy atom. The minimum Gasteiger partial charge on any atom is -0.294 e. The first-order chi connectivity index (χ1) is 8.61. The van der Waals surface area contributed by atoms with Crippen LogP contribution in [0.4, 0.5) is 0 Å². The van der Waals surface area contributed by atoms with Crippen LogP contribution in [-0.2, 0) is 0 Å². The molecule has 18 heavy (non-hydrogen) atoms. The van der Waals surface area contributed by atoms with Gasteiger partial charge in [-0.1, -0.05) is 42.1 Å². The van der Waals surface area contributed by atoms with Crippen molar-refractivity contribution in [3.05, 3.63) is 33.8 Å². The van der Waals surface area contributed by atoms with Crippen LogP contribution in [0.2, 0.25) is 0 Å². The van der Waals surface area contributed by atoms with Gasteiger partial charge in [0.2, 0.25) is 0 Å². The van der Waals surface area contributed by atoms with Gasteiger partial charge >= 0.3 is 0 Å². The van der Waals surface area contributed by atoms with Gasteiger partial charge in [-0.15, -0.1) is 0 Å². The van der Waals surface area contributed by atoms with Crippen LogP contribution in [0.25, 0.3) is 0 Å². The standard InChI is InChI=1S/C16H21BrO/c1-3-12-6-4-5-7-15(12)16(18)13-8-11(2)9-14(17)10-13/h8-10,12,15H,3-7H2,1-2H3. The summed E-state index contributed by atoms with van der Waals surface area (Å²) < 4.78 is 1.01. The quantitative estimate of drug-likeness (QED) is 0.705. The number of halogens is 1. The Morgan fingerprint density at radius 1 is 1.28 bits per heavy atom. The molecule has 2 atom stereocenters. The molecule has 1 saturated carbocycles. The van der Waals surface area contributed by atoms with Crippen molar-refractivity contribution in [1.29, 1.82) is 0 Å². The molecular formula is C16H21BrO. The van der Waals surface area contributed by atoms with Gasteiger partial charge in [-0.3, -0.25) is 4.79 Å². The number of hydrogen-bond acceptors (Lipinski definition) is 1. The molecule has 1 nitrogen and oxygen atoms in total. The maximum absolute atomic E-state index is 12.7. The summed E-state index contributed by atoms with van der Waals surface area (Å²) >= 11 is 3.49. The van der Waals surface area contributed by atoms with Crippen molar-refractivity contribution in [3.63, 3.8) is 0 Å². The van der Waals surface area contributed by atoms with E-state index in [0.717, 1.165) is 28.4 Å². The van der Waals surface area contributed by atoms with Crippen molar-refractivity contribution in [2.75, 3.05) is 0 Å². The van der Waals surface area contributed by atoms with Gasteiger partial charge in [0.25, 0.3) is 0 Å². The summed E-state index contributed by atoms with van der Waals surface area (Å²) in [6.45, 7) is 4.25. The van der Waals surface area contributed by atoms with E-state index in [-0.39, 0.29) is 5.92 Å². The number of Topliss-reactive ketones (excluding diaryl/α,β-unsaturated/α-hetero) is 1. The van der Waals surface area contributed by atoms with Crippen molar-refractivity contribution in [2.45, 2.75) is 46.0 Å². The summed E-state index contributed by atoms with van der Waals surface area (Å²) in [7, 11) is 0. The highest BCUT2D eigenvalue weighted by molar-refractivity contribution is 9.10. The van der Waals surface area contributed by atoms with Crippen molar-refractivity contribution in [1.82, 2.24) is 0 Å². The zero-order valence-electron chi connectivity index (χ0n) is 11.2. The minimum atomic E-state index is 0.248. The first kappa shape index (κ1) is 13.8. The Morgan fingerprint density at radius 3 is 2.67 bits per heavy atom. The van der Waals surface area contributed by atoms with Crippen LogP contribution in [0.5, 0.6) is 0 Å². The van der Waals surface area contributed by atoms with E-state index >= 15 is 0 Å². The third kappa shape index (κ3) is 3.03. The van der Waals surface area contributed by atoms with Crippen LogP contribution in [-0.4, -0.2) is 5.78 Å². The third-order valence-corrected chi connectivity index (χ3v) is 4.55. The van der Waals surface area contributed by atoms with Gasteiger partial charge in [0.15, 0.2) is 5.78 Å². The lowest BCUT2D eigenvalue weighted by molar-refractivity contribution is 0.0820. The molecule has 0 bridgehead atoms. The molecule has 1 aliphatic carbocycles. The second-order valence-corrected chi connectivity index (χ2v) is 6.36. The van der Waals surface area contributed by atoms with Gasteiger partial charge in [0.05, 0.1) is 0 Å². The predicted octanol–water partition coefficient (Wildman–Crippen LogP) is 5.16. The van der Waals surface area contributed by atoms with Crippen LogP contribution >= 0.6 is 15.9 Å². The van der Waals surface area contributed by atoms with Gasteiger partial charge in [0, 0.05) is 16.0 Å². The first-order valence-corrected chi connectivity index (χ1v) is 7.72. The fraction of sp³-hybridized carbons (Fsp3) is 0.562. The molecule has 0 aliphatic heterocycles. The summed E-state index contributed by atoms with van der Waals surface area (Å²) in [6, 6.07) is 6.04. The van der Waals surface area contributed by atoms with Crippen LogP contribution in [0, 0.1) is 18.8 Å². The van der Waals surface area contributed by atoms with Crippen LogP contribution in [0.15, 0.2) is 22.7 Å². The molecule has 1 aromatic rings. The van der Waals surface area contributed by atoms with E-state index in [1.807, 2.05) is 19.1 Å². The molecule has 2 heteroatoms. The van der Waals surface area contributed by atoms with E-state index in [2.05, 4.69) is 28.9 Å². The van der Waals surface area contributed by atoms with E-state index in [1.54, 1.807) is 0 Å². The van der Waals surface area contributed by atoms with E-state index in [4.69, 9.17) is 0 Å². The van der Waals surface area contributed by atoms with Crippen molar-refractivity contribution in [2.24, 2.45) is 11.8 Å². The summed E-state index contributed by atoms with van der Waals surface area (Å²) in [5, 5.41) is 0. The molecule has 2 unspecified atom stereocenters. The molecule has 2 rings (SSSR count). The lowest BCUT2D eigenvalue weighted by atomic mass is 9.74. The van der Waals surface area contributed by atoms with Gasteiger partial charge in [-0.25, -0.2) is 0 Å². The smallest absolute Gasteiger partial charge is 0.166 e. The maximum atomic E-state index is 12.7. The summed E-state index contributed by atoms with van der Waals surface area (Å²) in [6.07, 6.45) is 5.92. The summed E-state index contributed by atoms with van der Waals surface area (Å²) in [5.41, 5.74) is 2.03. The molecule has 0 radical (unpaired) electrons. The molecule has 0 N–H and O–H groups in total. The normalized spacial score (nSPS) is 23.9. The molecule has 1 aromatic carbocycles. The average molecular weight is 309 g/mol. The Bertz CT molecular complexity index is 418. The molecule has 1 fully saturated rings. The monoisotopic (exact) mass is 308 g/mol. The van der Waals surface area contributed by atoms with E-state index in [0.29, 0.717) is 11.7 Å². The molecule has 0 saturated heterocycles. The number of carbonyl (C=O) groups is 1. The van der Waals surface area contributed by atoms with Gasteiger partial charge in [-0.2, -0.15) is 0 Å². The second kappa shape index (κ2) is 6.01. The molecule has 98 valence electrons. The zero-order valence-corrected chi connectivity index (χ0v) is 12.8. The number of hydrogen-bond donors (Lipinski definition) is 0. The highest BCUT2D eigenvalue weighted by atomic mass is 79.9. The molecule has 0 heterocycles. The van der Waals surface area contributed by atoms with Crippen molar-refractivity contribution >= 4 is 21.7 Å². The van der Waals surface area contributed by atoms with E-state index in [9.17, 15) is 4.79 Å². The van der Waals surface area contributed by atoms with Crippen LogP contribution in [0.1, 0.15) is 54.9 Å². The lowest BCUT2D eigenvalue weighted by Gasteiger charge is -2.29. The van der Waals surface area contributed by atoms with Crippen molar-refractivity contribution in [3.8, 4) is 0 Å². The number of benzene rings is 1. The fourth-order valence-electron chi connectivity index (χ4n) is 3.13. The lowest BCUT2D eigenvalue weighted by Crippen LogP contribution is -2.27. The van der Waals surface area contributed by atoms with E-state index in [1.165, 1.54) is 19.3 Å². The molecule has 0 spiro atoms. The number of ketones is 1. The molecule has 1 aliphatic rings. The maximum Gasteiger partial charge on any atom is 0.166 e. The average Bonchev–Trinajstić information content (AvgIpc) is 2.36. The van der Waals surface area contributed by atoms with Gasteiger partial charge in [-0.05, 0) is 49.4 Å². The van der Waals surface area contributed by atoms with E-state index < -0.39 is 0 Å². The second-order valence-electron chi connectivity index (χ2n) is 5.44. The Hall–Kier alpha value is -0.630. The predicted molar refractivity (Wildman–Crippen MR) is 78.9 cm³/mol. The third-order valence-electron chi connectivity index (χ3n) is 4.10. The fourth-order valence-corrected chi connectivity index (χ4v) is 3.74. The first-order valence-electron chi connectivity index (χ1n) is 6.93. The molecular weight excluding hydrogens is 288 g/mol. The highest BCUT2D eigenvalue weighted by Crippen LogP contribution is 2.35. The topological polar surface area (TPSA) is 17.1 Å². The Balaban J connectivity index is 2.23. The molecule has 0 aromatic heterocycles. The van der Waals surface area contributed by atoms with Crippen LogP contribution < -0.4 is 0 Å². The highest BCUT2D eigenvalue weighted by Gasteiger charge is 2.30. The molecule has 0 amide bonds. The Labute approximate surface area is 118 Å². The van der Waals surface area contributed by atoms with Gasteiger partial charge in [0.1, 0.15) is 0 Å². The largest absolute Gasteiger partial charge is 0.294 e. The Kier molecular flexibility index (Phi) is 4.60. The minimum absolute atomic E-state index is 0.248. The number of carbonyl (C=O) groups excluding carboxylic acids is 1. The van der Waals surface area contributed by atoms with Crippen molar-refractivity contribution < 1.29 is 4.79 Å². The summed E-state index contributed by atoms with van der Waals surface area (Å²) in [4.78, 5) is 12.7.